The first kappa shape index (κ1) is 15.1. The first-order valence-corrected chi connectivity index (χ1v) is 7.58. The lowest BCUT2D eigenvalue weighted by molar-refractivity contribution is 0.0601. The van der Waals surface area contributed by atoms with Crippen LogP contribution in [0.2, 0.25) is 0 Å². The van der Waals surface area contributed by atoms with Crippen LogP contribution in [-0.4, -0.2) is 19.8 Å². The Labute approximate surface area is 136 Å². The fourth-order valence-corrected chi connectivity index (χ4v) is 2.80. The summed E-state index contributed by atoms with van der Waals surface area (Å²) in [5.41, 5.74) is 4.17. The molecule has 3 aromatic carbocycles. The Hall–Kier alpha value is -2.81. The van der Waals surface area contributed by atoms with Crippen LogP contribution in [-0.2, 0) is 4.74 Å². The summed E-state index contributed by atoms with van der Waals surface area (Å²) in [7, 11) is 1.40. The van der Waals surface area contributed by atoms with Crippen molar-refractivity contribution in [2.45, 2.75) is 0 Å². The van der Waals surface area contributed by atoms with Gasteiger partial charge in [0.2, 0.25) is 6.71 Å². The van der Waals surface area contributed by atoms with Gasteiger partial charge in [0.15, 0.2) is 0 Å². The first-order valence-electron chi connectivity index (χ1n) is 7.58. The maximum absolute atomic E-state index is 11.6. The molecular formula is C20H17BO2. The van der Waals surface area contributed by atoms with Crippen molar-refractivity contribution in [2.24, 2.45) is 0 Å². The lowest BCUT2D eigenvalue weighted by Gasteiger charge is -2.15. The Bertz CT molecular complexity index is 728. The molecule has 3 rings (SSSR count). The standard InChI is InChI=1S/C20H17BO2/c1-23-20(22)16-12-14-19(15-13-16)21(17-8-4-2-5-9-17)18-10-6-3-7-11-18/h2-15H,1H3. The first-order chi connectivity index (χ1) is 11.3. The van der Waals surface area contributed by atoms with Gasteiger partial charge in [-0.3, -0.25) is 0 Å². The van der Waals surface area contributed by atoms with Gasteiger partial charge in [-0.15, -0.1) is 0 Å². The molecule has 0 N–H and O–H groups in total. The number of hydrogen-bond acceptors (Lipinski definition) is 2. The van der Waals surface area contributed by atoms with Gasteiger partial charge in [0.05, 0.1) is 12.7 Å². The largest absolute Gasteiger partial charge is 0.465 e. The van der Waals surface area contributed by atoms with Crippen LogP contribution < -0.4 is 16.4 Å². The average molecular weight is 300 g/mol. The molecular weight excluding hydrogens is 283 g/mol. The van der Waals surface area contributed by atoms with Gasteiger partial charge in [-0.25, -0.2) is 4.79 Å². The molecule has 0 spiro atoms. The van der Waals surface area contributed by atoms with Crippen molar-refractivity contribution in [3.8, 4) is 0 Å². The van der Waals surface area contributed by atoms with Crippen LogP contribution in [0.4, 0.5) is 0 Å². The van der Waals surface area contributed by atoms with Gasteiger partial charge in [-0.05, 0) is 12.1 Å². The van der Waals surface area contributed by atoms with E-state index in [1.54, 1.807) is 0 Å². The number of hydrogen-bond donors (Lipinski definition) is 0. The number of carbonyl (C=O) groups excluding carboxylic acids is 1. The number of ether oxygens (including phenoxy) is 1. The van der Waals surface area contributed by atoms with E-state index in [1.165, 1.54) is 18.0 Å². The summed E-state index contributed by atoms with van der Waals surface area (Å²) in [6.07, 6.45) is 0. The second kappa shape index (κ2) is 6.97. The molecule has 0 saturated heterocycles. The predicted octanol–water partition coefficient (Wildman–Crippen LogP) is 1.99. The number of methoxy groups -OCH3 is 1. The van der Waals surface area contributed by atoms with Gasteiger partial charge < -0.3 is 4.74 Å². The molecule has 0 aliphatic rings. The fourth-order valence-electron chi connectivity index (χ4n) is 2.80. The van der Waals surface area contributed by atoms with E-state index in [-0.39, 0.29) is 12.7 Å². The van der Waals surface area contributed by atoms with Crippen LogP contribution in [0, 0.1) is 0 Å². The molecule has 23 heavy (non-hydrogen) atoms. The van der Waals surface area contributed by atoms with Crippen molar-refractivity contribution in [1.29, 1.82) is 0 Å². The Kier molecular flexibility index (Phi) is 4.58. The number of esters is 1. The van der Waals surface area contributed by atoms with E-state index in [9.17, 15) is 4.79 Å². The highest BCUT2D eigenvalue weighted by atomic mass is 16.5. The van der Waals surface area contributed by atoms with Crippen molar-refractivity contribution >= 4 is 29.1 Å². The SMILES string of the molecule is COC(=O)c1ccc(B(c2ccccc2)c2ccccc2)cc1. The summed E-state index contributed by atoms with van der Waals surface area (Å²) < 4.78 is 4.77. The number of benzene rings is 3. The topological polar surface area (TPSA) is 26.3 Å². The molecule has 0 saturated carbocycles. The average Bonchev–Trinajstić information content (AvgIpc) is 2.64. The maximum atomic E-state index is 11.6. The van der Waals surface area contributed by atoms with Crippen molar-refractivity contribution in [3.05, 3.63) is 90.5 Å². The summed E-state index contributed by atoms with van der Waals surface area (Å²) in [5.74, 6) is -0.312. The van der Waals surface area contributed by atoms with E-state index in [4.69, 9.17) is 4.74 Å². The molecule has 112 valence electrons. The summed E-state index contributed by atoms with van der Waals surface area (Å²) in [5, 5.41) is 0. The van der Waals surface area contributed by atoms with Gasteiger partial charge in [-0.1, -0.05) is 89.2 Å². The highest BCUT2D eigenvalue weighted by Crippen LogP contribution is 2.01. The van der Waals surface area contributed by atoms with E-state index in [1.807, 2.05) is 60.7 Å². The Morgan fingerprint density at radius 1 is 0.696 bits per heavy atom. The third-order valence-corrected chi connectivity index (χ3v) is 3.93. The van der Waals surface area contributed by atoms with Crippen LogP contribution in [0.3, 0.4) is 0 Å². The van der Waals surface area contributed by atoms with E-state index >= 15 is 0 Å². The Morgan fingerprint density at radius 3 is 1.57 bits per heavy atom. The summed E-state index contributed by atoms with van der Waals surface area (Å²) in [6, 6.07) is 28.4. The number of rotatable bonds is 4. The van der Waals surface area contributed by atoms with Gasteiger partial charge in [0.25, 0.3) is 0 Å². The fraction of sp³-hybridized carbons (Fsp3) is 0.0500. The van der Waals surface area contributed by atoms with Crippen LogP contribution in [0.1, 0.15) is 10.4 Å². The zero-order chi connectivity index (χ0) is 16.1. The van der Waals surface area contributed by atoms with Gasteiger partial charge in [0, 0.05) is 0 Å². The summed E-state index contributed by atoms with van der Waals surface area (Å²) >= 11 is 0. The summed E-state index contributed by atoms with van der Waals surface area (Å²) in [4.78, 5) is 11.6. The van der Waals surface area contributed by atoms with Crippen LogP contribution in [0.15, 0.2) is 84.9 Å². The molecule has 0 unspecified atom stereocenters. The van der Waals surface area contributed by atoms with E-state index < -0.39 is 0 Å². The second-order valence-electron chi connectivity index (χ2n) is 5.37. The van der Waals surface area contributed by atoms with Gasteiger partial charge >= 0.3 is 5.97 Å². The minimum atomic E-state index is -0.312. The van der Waals surface area contributed by atoms with Crippen molar-refractivity contribution in [3.63, 3.8) is 0 Å². The van der Waals surface area contributed by atoms with Crippen LogP contribution in [0.25, 0.3) is 0 Å². The molecule has 0 aromatic heterocycles. The van der Waals surface area contributed by atoms with Crippen LogP contribution >= 0.6 is 0 Å². The highest BCUT2D eigenvalue weighted by molar-refractivity contribution is 6.95. The van der Waals surface area contributed by atoms with Gasteiger partial charge in [0.1, 0.15) is 0 Å². The van der Waals surface area contributed by atoms with Crippen molar-refractivity contribution in [1.82, 2.24) is 0 Å². The quantitative estimate of drug-likeness (QED) is 0.544. The molecule has 0 bridgehead atoms. The lowest BCUT2D eigenvalue weighted by Crippen LogP contribution is -2.51. The van der Waals surface area contributed by atoms with E-state index in [2.05, 4.69) is 24.3 Å². The van der Waals surface area contributed by atoms with Crippen molar-refractivity contribution in [2.75, 3.05) is 7.11 Å². The molecule has 0 fully saturated rings. The van der Waals surface area contributed by atoms with Crippen molar-refractivity contribution < 1.29 is 9.53 Å². The van der Waals surface area contributed by atoms with Crippen LogP contribution in [0.5, 0.6) is 0 Å². The molecule has 0 atom stereocenters. The third kappa shape index (κ3) is 3.34. The monoisotopic (exact) mass is 300 g/mol. The minimum absolute atomic E-state index is 0.143. The molecule has 0 radical (unpaired) electrons. The molecule has 2 nitrogen and oxygen atoms in total. The Balaban J connectivity index is 2.04. The predicted molar refractivity (Wildman–Crippen MR) is 95.3 cm³/mol. The maximum Gasteiger partial charge on any atom is 0.337 e. The molecule has 0 aliphatic carbocycles. The van der Waals surface area contributed by atoms with E-state index in [0.717, 1.165) is 5.46 Å². The molecule has 0 aliphatic heterocycles. The molecule has 3 aromatic rings. The Morgan fingerprint density at radius 2 is 1.13 bits per heavy atom. The molecule has 0 heterocycles. The zero-order valence-electron chi connectivity index (χ0n) is 13.0. The third-order valence-electron chi connectivity index (χ3n) is 3.93. The minimum Gasteiger partial charge on any atom is -0.465 e. The zero-order valence-corrected chi connectivity index (χ0v) is 13.0. The lowest BCUT2D eigenvalue weighted by atomic mass is 9.37. The number of carbonyl (C=O) groups is 1. The molecule has 3 heteroatoms. The smallest absolute Gasteiger partial charge is 0.337 e. The second-order valence-corrected chi connectivity index (χ2v) is 5.37. The van der Waals surface area contributed by atoms with E-state index in [0.29, 0.717) is 5.56 Å². The normalized spacial score (nSPS) is 10.1. The summed E-state index contributed by atoms with van der Waals surface area (Å²) in [6.45, 7) is 0.143. The highest BCUT2D eigenvalue weighted by Gasteiger charge is 2.21. The van der Waals surface area contributed by atoms with Gasteiger partial charge in [-0.2, -0.15) is 0 Å². The molecule has 0 amide bonds.